The summed E-state index contributed by atoms with van der Waals surface area (Å²) in [5, 5.41) is 4.25. The smallest absolute Gasteiger partial charge is 0.256 e. The number of pyridine rings is 1. The van der Waals surface area contributed by atoms with E-state index in [-0.39, 0.29) is 17.9 Å². The van der Waals surface area contributed by atoms with Crippen LogP contribution in [0.15, 0.2) is 36.8 Å². The number of fused-ring (bicyclic) bond motifs is 1. The van der Waals surface area contributed by atoms with Gasteiger partial charge in [0.15, 0.2) is 0 Å². The zero-order valence-electron chi connectivity index (χ0n) is 24.4. The predicted octanol–water partition coefficient (Wildman–Crippen LogP) is 5.12. The van der Waals surface area contributed by atoms with E-state index >= 15 is 0 Å². The monoisotopic (exact) mass is 547 g/mol. The highest BCUT2D eigenvalue weighted by Crippen LogP contribution is 2.33. The summed E-state index contributed by atoms with van der Waals surface area (Å²) in [5.74, 6) is 0.734. The van der Waals surface area contributed by atoms with Crippen LogP contribution in [-0.4, -0.2) is 69.9 Å². The number of halogens is 1. The van der Waals surface area contributed by atoms with Crippen molar-refractivity contribution in [2.75, 3.05) is 26.7 Å². The number of hydrogen-bond donors (Lipinski definition) is 1. The van der Waals surface area contributed by atoms with Gasteiger partial charge in [0.1, 0.15) is 5.82 Å². The van der Waals surface area contributed by atoms with Crippen LogP contribution in [0.1, 0.15) is 67.9 Å². The number of benzene rings is 1. The first-order valence-corrected chi connectivity index (χ1v) is 14.6. The Hall–Kier alpha value is -3.26. The minimum absolute atomic E-state index is 0.00157. The molecule has 1 aliphatic heterocycles. The number of amides is 2. The lowest BCUT2D eigenvalue weighted by atomic mass is 9.84. The Labute approximate surface area is 236 Å². The van der Waals surface area contributed by atoms with Gasteiger partial charge in [-0.15, -0.1) is 0 Å². The molecule has 1 aromatic carbocycles. The number of carbonyl (C=O) groups is 2. The molecule has 1 N–H and O–H groups in total. The normalized spacial score (nSPS) is 20.1. The Balaban J connectivity index is 1.32. The summed E-state index contributed by atoms with van der Waals surface area (Å²) in [5.41, 5.74) is 4.31. The van der Waals surface area contributed by atoms with Crippen LogP contribution in [-0.2, 0) is 11.2 Å². The van der Waals surface area contributed by atoms with Crippen molar-refractivity contribution in [3.63, 3.8) is 0 Å². The zero-order chi connectivity index (χ0) is 28.6. The second-order valence-electron chi connectivity index (χ2n) is 12.3. The largest absolute Gasteiger partial charge is 0.354 e. The molecule has 1 saturated carbocycles. The van der Waals surface area contributed by atoms with Gasteiger partial charge in [-0.2, -0.15) is 0 Å². The summed E-state index contributed by atoms with van der Waals surface area (Å²) >= 11 is 0. The molecule has 0 radical (unpaired) electrons. The Morgan fingerprint density at radius 1 is 1.12 bits per heavy atom. The van der Waals surface area contributed by atoms with E-state index in [1.54, 1.807) is 24.9 Å². The first-order chi connectivity index (χ1) is 19.1. The third-order valence-corrected chi connectivity index (χ3v) is 8.84. The van der Waals surface area contributed by atoms with Crippen LogP contribution in [0.2, 0.25) is 0 Å². The van der Waals surface area contributed by atoms with Gasteiger partial charge in [0.2, 0.25) is 5.91 Å². The Bertz CT molecular complexity index is 1390. The fourth-order valence-corrected chi connectivity index (χ4v) is 6.52. The van der Waals surface area contributed by atoms with Gasteiger partial charge in [0, 0.05) is 63.5 Å². The molecule has 0 spiro atoms. The highest BCUT2D eigenvalue weighted by molar-refractivity contribution is 5.99. The average molecular weight is 548 g/mol. The van der Waals surface area contributed by atoms with Gasteiger partial charge < -0.3 is 19.7 Å². The van der Waals surface area contributed by atoms with Crippen LogP contribution < -0.4 is 5.32 Å². The molecule has 0 atom stereocenters. The van der Waals surface area contributed by atoms with Crippen LogP contribution in [0.5, 0.6) is 0 Å². The topological polar surface area (TPSA) is 70.5 Å². The third-order valence-electron chi connectivity index (χ3n) is 8.84. The van der Waals surface area contributed by atoms with Crippen molar-refractivity contribution >= 4 is 22.7 Å². The second-order valence-corrected chi connectivity index (χ2v) is 12.3. The van der Waals surface area contributed by atoms with Crippen LogP contribution in [0.3, 0.4) is 0 Å². The highest BCUT2D eigenvalue weighted by Gasteiger charge is 2.32. The molecule has 8 heteroatoms. The third kappa shape index (κ3) is 5.92. The number of nitrogens with one attached hydrogen (secondary N) is 1. The maximum absolute atomic E-state index is 14.4. The van der Waals surface area contributed by atoms with E-state index in [0.29, 0.717) is 29.1 Å². The lowest BCUT2D eigenvalue weighted by Gasteiger charge is -2.42. The fraction of sp³-hybridized carbons (Fsp3) is 0.531. The van der Waals surface area contributed by atoms with Crippen LogP contribution in [0.4, 0.5) is 4.39 Å². The minimum Gasteiger partial charge on any atom is -0.354 e. The number of likely N-dealkylation sites (tertiary alicyclic amines) is 1. The van der Waals surface area contributed by atoms with Crippen molar-refractivity contribution in [3.8, 4) is 5.69 Å². The van der Waals surface area contributed by atoms with Crippen molar-refractivity contribution < 1.29 is 14.0 Å². The Morgan fingerprint density at radius 2 is 1.85 bits per heavy atom. The molecule has 3 heterocycles. The van der Waals surface area contributed by atoms with Crippen molar-refractivity contribution in [1.29, 1.82) is 0 Å². The Morgan fingerprint density at radius 3 is 2.52 bits per heavy atom. The molecule has 2 fully saturated rings. The summed E-state index contributed by atoms with van der Waals surface area (Å²) in [7, 11) is 1.75. The van der Waals surface area contributed by atoms with Crippen LogP contribution in [0.25, 0.3) is 16.6 Å². The van der Waals surface area contributed by atoms with Crippen molar-refractivity contribution in [2.24, 2.45) is 11.8 Å². The summed E-state index contributed by atoms with van der Waals surface area (Å²) in [6.45, 7) is 10.9. The molecular formula is C32H42FN5O2. The lowest BCUT2D eigenvalue weighted by Crippen LogP contribution is -2.50. The molecule has 214 valence electrons. The van der Waals surface area contributed by atoms with E-state index in [4.69, 9.17) is 0 Å². The number of hydrogen-bond acceptors (Lipinski definition) is 4. The van der Waals surface area contributed by atoms with E-state index < -0.39 is 5.82 Å². The number of carbonyl (C=O) groups excluding carboxylic acids is 2. The standard InChI is InChI=1S/C32H42FN5O2/c1-20(2)36(5)32(40)28-13-26(33)8-11-29(28)38-19-25(31-21(3)14-34-15-30(31)38)12-24-17-37(18-24)16-23-6-9-27(10-7-23)35-22(4)39/h8,11,13-15,19-20,23-24,27H,6-7,9-10,12,16-18H2,1-5H3,(H,35,39)/t23-,27-. The molecule has 5 rings (SSSR count). The van der Waals surface area contributed by atoms with Gasteiger partial charge >= 0.3 is 0 Å². The van der Waals surface area contributed by atoms with Crippen LogP contribution in [0, 0.1) is 24.6 Å². The van der Waals surface area contributed by atoms with E-state index in [2.05, 4.69) is 28.3 Å². The van der Waals surface area contributed by atoms with Gasteiger partial charge in [-0.25, -0.2) is 4.39 Å². The van der Waals surface area contributed by atoms with E-state index in [0.717, 1.165) is 50.0 Å². The maximum atomic E-state index is 14.4. The molecular weight excluding hydrogens is 505 g/mol. The van der Waals surface area contributed by atoms with Gasteiger partial charge in [-0.1, -0.05) is 0 Å². The summed E-state index contributed by atoms with van der Waals surface area (Å²) in [6.07, 6.45) is 11.3. The fourth-order valence-electron chi connectivity index (χ4n) is 6.52. The van der Waals surface area contributed by atoms with E-state index in [1.165, 1.54) is 35.9 Å². The minimum atomic E-state index is -0.423. The molecule has 3 aromatic rings. The number of aryl methyl sites for hydroxylation is 1. The molecule has 0 bridgehead atoms. The highest BCUT2D eigenvalue weighted by atomic mass is 19.1. The van der Waals surface area contributed by atoms with E-state index in [9.17, 15) is 14.0 Å². The average Bonchev–Trinajstić information content (AvgIpc) is 3.26. The SMILES string of the molecule is CC(=O)N[C@H]1CC[C@H](CN2CC(Cc3cn(-c4ccc(F)cc4C(=O)N(C)C(C)C)c4cncc(C)c34)C2)CC1. The first kappa shape index (κ1) is 28.3. The van der Waals surface area contributed by atoms with Crippen molar-refractivity contribution in [1.82, 2.24) is 24.7 Å². The number of aromatic nitrogens is 2. The first-order valence-electron chi connectivity index (χ1n) is 14.6. The molecule has 2 aromatic heterocycles. The molecule has 1 aliphatic carbocycles. The quantitative estimate of drug-likeness (QED) is 0.425. The van der Waals surface area contributed by atoms with Crippen LogP contribution >= 0.6 is 0 Å². The zero-order valence-corrected chi connectivity index (χ0v) is 24.4. The van der Waals surface area contributed by atoms with Gasteiger partial charge in [-0.3, -0.25) is 14.6 Å². The Kier molecular flexibility index (Phi) is 8.26. The van der Waals surface area contributed by atoms with Crippen molar-refractivity contribution in [2.45, 2.75) is 71.9 Å². The van der Waals surface area contributed by atoms with Crippen molar-refractivity contribution in [3.05, 3.63) is 59.3 Å². The van der Waals surface area contributed by atoms with E-state index in [1.807, 2.05) is 30.8 Å². The van der Waals surface area contributed by atoms with Gasteiger partial charge in [0.25, 0.3) is 5.91 Å². The molecule has 0 unspecified atom stereocenters. The molecule has 2 amide bonds. The maximum Gasteiger partial charge on any atom is 0.256 e. The molecule has 2 aliphatic rings. The molecule has 40 heavy (non-hydrogen) atoms. The molecule has 7 nitrogen and oxygen atoms in total. The summed E-state index contributed by atoms with van der Waals surface area (Å²) < 4.78 is 16.4. The number of rotatable bonds is 8. The molecule has 1 saturated heterocycles. The summed E-state index contributed by atoms with van der Waals surface area (Å²) in [6, 6.07) is 4.81. The van der Waals surface area contributed by atoms with Gasteiger partial charge in [-0.05, 0) is 94.0 Å². The van der Waals surface area contributed by atoms with Gasteiger partial charge in [0.05, 0.1) is 23.0 Å². The predicted molar refractivity (Wildman–Crippen MR) is 156 cm³/mol. The second kappa shape index (κ2) is 11.7. The summed E-state index contributed by atoms with van der Waals surface area (Å²) in [4.78, 5) is 33.4. The number of nitrogens with zero attached hydrogens (tertiary/aromatic N) is 4. The lowest BCUT2D eigenvalue weighted by molar-refractivity contribution is -0.119.